The molecule has 1 unspecified atom stereocenters. The van der Waals surface area contributed by atoms with Crippen molar-refractivity contribution in [1.29, 1.82) is 0 Å². The van der Waals surface area contributed by atoms with Crippen LogP contribution in [0.25, 0.3) is 0 Å². The van der Waals surface area contributed by atoms with E-state index in [0.717, 1.165) is 22.9 Å². The Hall–Kier alpha value is -3.36. The van der Waals surface area contributed by atoms with Gasteiger partial charge in [-0.2, -0.15) is 0 Å². The second-order valence-corrected chi connectivity index (χ2v) is 11.5. The number of sulfonamides is 1. The molecule has 0 spiro atoms. The van der Waals surface area contributed by atoms with E-state index in [9.17, 15) is 18.0 Å². The van der Waals surface area contributed by atoms with Crippen LogP contribution in [0.2, 0.25) is 5.02 Å². The number of rotatable bonds is 12. The topological polar surface area (TPSA) is 86.8 Å². The molecule has 3 rings (SSSR count). The minimum Gasteiger partial charge on any atom is -0.357 e. The van der Waals surface area contributed by atoms with Crippen molar-refractivity contribution < 1.29 is 18.0 Å². The third-order valence-electron chi connectivity index (χ3n) is 6.29. The normalized spacial score (nSPS) is 12.0. The summed E-state index contributed by atoms with van der Waals surface area (Å²) in [6.07, 6.45) is 1.82. The van der Waals surface area contributed by atoms with Gasteiger partial charge in [0, 0.05) is 38.0 Å². The van der Waals surface area contributed by atoms with Crippen molar-refractivity contribution in [2.45, 2.75) is 38.8 Å². The van der Waals surface area contributed by atoms with Gasteiger partial charge in [-0.15, -0.1) is 0 Å². The minimum atomic E-state index is -3.55. The average Bonchev–Trinajstić information content (AvgIpc) is 2.89. The lowest BCUT2D eigenvalue weighted by Gasteiger charge is -2.32. The molecule has 0 radical (unpaired) electrons. The van der Waals surface area contributed by atoms with Crippen LogP contribution in [0.15, 0.2) is 78.9 Å². The highest BCUT2D eigenvalue weighted by Crippen LogP contribution is 2.23. The van der Waals surface area contributed by atoms with Crippen LogP contribution in [-0.4, -0.2) is 51.0 Å². The molecule has 202 valence electrons. The van der Waals surface area contributed by atoms with Gasteiger partial charge in [0.1, 0.15) is 6.04 Å². The summed E-state index contributed by atoms with van der Waals surface area (Å²) >= 11 is 6.41. The first-order chi connectivity index (χ1) is 18.1. The largest absolute Gasteiger partial charge is 0.357 e. The van der Waals surface area contributed by atoms with E-state index >= 15 is 0 Å². The molecule has 1 atom stereocenters. The van der Waals surface area contributed by atoms with Gasteiger partial charge in [0.05, 0.1) is 11.9 Å². The van der Waals surface area contributed by atoms with Crippen LogP contribution in [0.1, 0.15) is 29.5 Å². The monoisotopic (exact) mass is 555 g/mol. The number of hydrogen-bond donors (Lipinski definition) is 1. The quantitative estimate of drug-likeness (QED) is 0.354. The van der Waals surface area contributed by atoms with Crippen molar-refractivity contribution >= 4 is 39.1 Å². The lowest BCUT2D eigenvalue weighted by molar-refractivity contribution is -0.141. The zero-order chi connectivity index (χ0) is 27.7. The Morgan fingerprint density at radius 1 is 0.947 bits per heavy atom. The number of halogens is 1. The Kier molecular flexibility index (Phi) is 10.3. The van der Waals surface area contributed by atoms with Crippen LogP contribution in [0.5, 0.6) is 0 Å². The van der Waals surface area contributed by atoms with Crippen molar-refractivity contribution in [3.63, 3.8) is 0 Å². The van der Waals surface area contributed by atoms with E-state index in [2.05, 4.69) is 5.32 Å². The summed E-state index contributed by atoms with van der Waals surface area (Å²) in [6.45, 7) is 2.22. The van der Waals surface area contributed by atoms with Crippen LogP contribution in [-0.2, 0) is 32.6 Å². The molecule has 0 saturated heterocycles. The second kappa shape index (κ2) is 13.4. The Morgan fingerprint density at radius 3 is 2.18 bits per heavy atom. The third kappa shape index (κ3) is 8.07. The molecule has 0 saturated carbocycles. The van der Waals surface area contributed by atoms with Crippen molar-refractivity contribution in [2.75, 3.05) is 24.2 Å². The summed E-state index contributed by atoms with van der Waals surface area (Å²) in [5.74, 6) is -0.543. The molecule has 3 aromatic rings. The van der Waals surface area contributed by atoms with Crippen molar-refractivity contribution in [3.05, 3.63) is 101 Å². The first-order valence-electron chi connectivity index (χ1n) is 12.4. The Balaban J connectivity index is 1.84. The van der Waals surface area contributed by atoms with Gasteiger partial charge < -0.3 is 10.2 Å². The third-order valence-corrected chi connectivity index (χ3v) is 7.85. The first kappa shape index (κ1) is 29.2. The molecule has 38 heavy (non-hydrogen) atoms. The number of benzene rings is 3. The fourth-order valence-corrected chi connectivity index (χ4v) is 5.41. The molecule has 7 nitrogen and oxygen atoms in total. The lowest BCUT2D eigenvalue weighted by atomic mass is 10.0. The van der Waals surface area contributed by atoms with Crippen molar-refractivity contribution in [3.8, 4) is 0 Å². The zero-order valence-electron chi connectivity index (χ0n) is 21.9. The van der Waals surface area contributed by atoms with Gasteiger partial charge in [-0.05, 0) is 42.7 Å². The van der Waals surface area contributed by atoms with Crippen LogP contribution >= 0.6 is 11.6 Å². The summed E-state index contributed by atoms with van der Waals surface area (Å²) < 4.78 is 26.3. The standard InChI is InChI=1S/C29H34ClN3O4S/c1-22-15-17-25(18-16-22)33(38(3,36)37)19-9-14-28(34)32(21-24-12-7-8-13-26(24)30)27(29(35)31-2)20-23-10-5-4-6-11-23/h4-8,10-13,15-18,27H,9,14,19-21H2,1-3H3,(H,31,35). The first-order valence-corrected chi connectivity index (χ1v) is 14.7. The van der Waals surface area contributed by atoms with Crippen LogP contribution in [0.3, 0.4) is 0 Å². The number of likely N-dealkylation sites (N-methyl/N-ethyl adjacent to an activating group) is 1. The molecule has 0 heterocycles. The molecule has 0 bridgehead atoms. The lowest BCUT2D eigenvalue weighted by Crippen LogP contribution is -2.49. The highest BCUT2D eigenvalue weighted by atomic mass is 35.5. The maximum Gasteiger partial charge on any atom is 0.242 e. The smallest absolute Gasteiger partial charge is 0.242 e. The van der Waals surface area contributed by atoms with Crippen LogP contribution < -0.4 is 9.62 Å². The number of carbonyl (C=O) groups excluding carboxylic acids is 2. The van der Waals surface area contributed by atoms with Crippen LogP contribution in [0.4, 0.5) is 5.69 Å². The molecule has 0 aromatic heterocycles. The number of carbonyl (C=O) groups is 2. The van der Waals surface area contributed by atoms with Gasteiger partial charge in [0.25, 0.3) is 0 Å². The van der Waals surface area contributed by atoms with Gasteiger partial charge >= 0.3 is 0 Å². The number of hydrogen-bond acceptors (Lipinski definition) is 4. The molecular weight excluding hydrogens is 522 g/mol. The number of anilines is 1. The summed E-state index contributed by atoms with van der Waals surface area (Å²) in [5, 5.41) is 3.19. The van der Waals surface area contributed by atoms with E-state index < -0.39 is 16.1 Å². The Bertz CT molecular complexity index is 1330. The highest BCUT2D eigenvalue weighted by molar-refractivity contribution is 7.92. The molecule has 0 aliphatic carbocycles. The molecule has 2 amide bonds. The molecule has 0 fully saturated rings. The minimum absolute atomic E-state index is 0.0601. The number of nitrogens with one attached hydrogen (secondary N) is 1. The SMILES string of the molecule is CNC(=O)C(Cc1ccccc1)N(Cc1ccccc1Cl)C(=O)CCCN(c1ccc(C)cc1)S(C)(=O)=O. The molecular formula is C29H34ClN3O4S. The Morgan fingerprint density at radius 2 is 1.58 bits per heavy atom. The predicted octanol–water partition coefficient (Wildman–Crippen LogP) is 4.58. The fourth-order valence-electron chi connectivity index (χ4n) is 4.25. The average molecular weight is 556 g/mol. The number of nitrogens with zero attached hydrogens (tertiary/aromatic N) is 2. The summed E-state index contributed by atoms with van der Waals surface area (Å²) in [6, 6.07) is 23.2. The molecule has 0 aliphatic heterocycles. The maximum absolute atomic E-state index is 13.7. The van der Waals surface area contributed by atoms with Crippen LogP contribution in [0, 0.1) is 6.92 Å². The zero-order valence-corrected chi connectivity index (χ0v) is 23.5. The molecule has 1 N–H and O–H groups in total. The summed E-state index contributed by atoms with van der Waals surface area (Å²) in [7, 11) is -2.01. The van der Waals surface area contributed by atoms with Gasteiger partial charge in [-0.25, -0.2) is 8.42 Å². The predicted molar refractivity (Wildman–Crippen MR) is 153 cm³/mol. The fraction of sp³-hybridized carbons (Fsp3) is 0.310. The second-order valence-electron chi connectivity index (χ2n) is 9.21. The number of aryl methyl sites for hydroxylation is 1. The Labute approximate surface area is 230 Å². The van der Waals surface area contributed by atoms with Gasteiger partial charge in [-0.1, -0.05) is 77.8 Å². The van der Waals surface area contributed by atoms with Crippen molar-refractivity contribution in [2.24, 2.45) is 0 Å². The maximum atomic E-state index is 13.7. The van der Waals surface area contributed by atoms with Gasteiger partial charge in [0.2, 0.25) is 21.8 Å². The van der Waals surface area contributed by atoms with E-state index in [1.807, 2.05) is 67.6 Å². The van der Waals surface area contributed by atoms with Gasteiger partial charge in [0.15, 0.2) is 0 Å². The van der Waals surface area contributed by atoms with E-state index in [0.29, 0.717) is 17.1 Å². The van der Waals surface area contributed by atoms with E-state index in [-0.39, 0.29) is 37.7 Å². The van der Waals surface area contributed by atoms with Crippen molar-refractivity contribution in [1.82, 2.24) is 10.2 Å². The van der Waals surface area contributed by atoms with Gasteiger partial charge in [-0.3, -0.25) is 13.9 Å². The van der Waals surface area contributed by atoms with E-state index in [1.54, 1.807) is 30.1 Å². The number of amides is 2. The summed E-state index contributed by atoms with van der Waals surface area (Å²) in [5.41, 5.74) is 3.21. The molecule has 9 heteroatoms. The molecule has 3 aromatic carbocycles. The van der Waals surface area contributed by atoms with E-state index in [1.165, 1.54) is 4.31 Å². The highest BCUT2D eigenvalue weighted by Gasteiger charge is 2.30. The van der Waals surface area contributed by atoms with E-state index in [4.69, 9.17) is 11.6 Å². The summed E-state index contributed by atoms with van der Waals surface area (Å²) in [4.78, 5) is 28.2. The molecule has 0 aliphatic rings.